The average Bonchev–Trinajstić information content (AvgIpc) is 2.04. The molecule has 12 heavy (non-hydrogen) atoms. The van der Waals surface area contributed by atoms with Crippen molar-refractivity contribution in [3.63, 3.8) is 0 Å². The Balaban J connectivity index is 3.12. The van der Waals surface area contributed by atoms with E-state index in [0.29, 0.717) is 11.1 Å². The summed E-state index contributed by atoms with van der Waals surface area (Å²) < 4.78 is 0. The molecule has 0 aliphatic heterocycles. The quantitative estimate of drug-likeness (QED) is 0.581. The molecule has 0 unspecified atom stereocenters. The molecular weight excluding hydrogens is 197 g/mol. The number of hydrogen-bond acceptors (Lipinski definition) is 2. The molecule has 0 amide bonds. The van der Waals surface area contributed by atoms with Crippen LogP contribution in [-0.4, -0.2) is 10.4 Å². The number of halogens is 2. The van der Waals surface area contributed by atoms with E-state index in [1.807, 2.05) is 0 Å². The smallest absolute Gasteiger partial charge is 0.252 e. The van der Waals surface area contributed by atoms with E-state index in [9.17, 15) is 4.79 Å². The highest BCUT2D eigenvalue weighted by Gasteiger charge is 2.03. The highest BCUT2D eigenvalue weighted by Crippen LogP contribution is 2.09. The fourth-order valence-electron chi connectivity index (χ4n) is 0.778. The molecule has 62 valence electrons. The Morgan fingerprint density at radius 3 is 2.33 bits per heavy atom. The van der Waals surface area contributed by atoms with Gasteiger partial charge in [-0.1, -0.05) is 29.8 Å². The Kier molecular flexibility index (Phi) is 2.84. The molecule has 1 rings (SSSR count). The first-order valence-electron chi connectivity index (χ1n) is 3.15. The molecule has 0 aliphatic carbocycles. The lowest BCUT2D eigenvalue weighted by atomic mass is 10.1. The molecule has 0 spiro atoms. The maximum absolute atomic E-state index is 10.7. The second-order valence-corrected chi connectivity index (χ2v) is 2.89. The van der Waals surface area contributed by atoms with Gasteiger partial charge in [-0.3, -0.25) is 10.2 Å². The van der Waals surface area contributed by atoms with Gasteiger partial charge in [0, 0.05) is 11.1 Å². The maximum atomic E-state index is 10.7. The average molecular weight is 202 g/mol. The summed E-state index contributed by atoms with van der Waals surface area (Å²) in [7, 11) is 0. The molecule has 0 aromatic heterocycles. The van der Waals surface area contributed by atoms with E-state index < -0.39 is 5.24 Å². The Morgan fingerprint density at radius 2 is 1.83 bits per heavy atom. The molecule has 0 bridgehead atoms. The molecule has 1 N–H and O–H groups in total. The second kappa shape index (κ2) is 3.70. The van der Waals surface area contributed by atoms with E-state index in [4.69, 9.17) is 28.6 Å². The summed E-state index contributed by atoms with van der Waals surface area (Å²) in [4.78, 5) is 10.7. The Bertz CT molecular complexity index is 306. The lowest BCUT2D eigenvalue weighted by Gasteiger charge is -1.97. The summed E-state index contributed by atoms with van der Waals surface area (Å²) in [6.07, 6.45) is 0. The van der Waals surface area contributed by atoms with Gasteiger partial charge in [0.25, 0.3) is 5.24 Å². The molecule has 0 atom stereocenters. The van der Waals surface area contributed by atoms with Crippen LogP contribution in [0.5, 0.6) is 0 Å². The molecular formula is C8H5Cl2NO. The van der Waals surface area contributed by atoms with Crippen molar-refractivity contribution in [3.8, 4) is 0 Å². The summed E-state index contributed by atoms with van der Waals surface area (Å²) >= 11 is 10.6. The summed E-state index contributed by atoms with van der Waals surface area (Å²) in [6.45, 7) is 0. The van der Waals surface area contributed by atoms with Gasteiger partial charge in [0.15, 0.2) is 0 Å². The normalized spacial score (nSPS) is 9.50. The summed E-state index contributed by atoms with van der Waals surface area (Å²) in [6, 6.07) is 6.31. The number of hydrogen-bond donors (Lipinski definition) is 1. The molecule has 0 saturated carbocycles. The third kappa shape index (κ3) is 2.06. The van der Waals surface area contributed by atoms with E-state index >= 15 is 0 Å². The van der Waals surface area contributed by atoms with Crippen LogP contribution < -0.4 is 0 Å². The molecule has 0 aliphatic rings. The van der Waals surface area contributed by atoms with Crippen LogP contribution >= 0.6 is 23.2 Å². The van der Waals surface area contributed by atoms with E-state index in [1.165, 1.54) is 6.07 Å². The summed E-state index contributed by atoms with van der Waals surface area (Å²) in [5.74, 6) is 0. The third-order valence-corrected chi connectivity index (χ3v) is 1.78. The number of nitrogens with one attached hydrogen (secondary N) is 1. The first-order valence-corrected chi connectivity index (χ1v) is 3.91. The third-order valence-electron chi connectivity index (χ3n) is 1.34. The topological polar surface area (TPSA) is 40.9 Å². The van der Waals surface area contributed by atoms with Crippen LogP contribution in [0.15, 0.2) is 24.3 Å². The lowest BCUT2D eigenvalue weighted by Crippen LogP contribution is -1.93. The molecule has 0 radical (unpaired) electrons. The van der Waals surface area contributed by atoms with Gasteiger partial charge in [-0.15, -0.1) is 0 Å². The molecule has 0 saturated heterocycles. The first kappa shape index (κ1) is 9.23. The van der Waals surface area contributed by atoms with E-state index in [0.717, 1.165) is 0 Å². The van der Waals surface area contributed by atoms with Crippen molar-refractivity contribution in [1.82, 2.24) is 0 Å². The van der Waals surface area contributed by atoms with Gasteiger partial charge in [-0.25, -0.2) is 0 Å². The minimum absolute atomic E-state index is 0.102. The maximum Gasteiger partial charge on any atom is 0.252 e. The first-order chi connectivity index (χ1) is 5.61. The van der Waals surface area contributed by atoms with Gasteiger partial charge >= 0.3 is 0 Å². The SMILES string of the molecule is N=C(Cl)c1cccc(C(=O)Cl)c1. The predicted octanol–water partition coefficient (Wildman–Crippen LogP) is 2.63. The van der Waals surface area contributed by atoms with Crippen LogP contribution in [0, 0.1) is 5.41 Å². The fraction of sp³-hybridized carbons (Fsp3) is 0. The molecule has 4 heteroatoms. The van der Waals surface area contributed by atoms with Crippen molar-refractivity contribution in [2.45, 2.75) is 0 Å². The highest BCUT2D eigenvalue weighted by molar-refractivity contribution is 6.69. The van der Waals surface area contributed by atoms with E-state index in [-0.39, 0.29) is 5.17 Å². The van der Waals surface area contributed by atoms with Crippen LogP contribution in [0.25, 0.3) is 0 Å². The second-order valence-electron chi connectivity index (χ2n) is 2.17. The van der Waals surface area contributed by atoms with E-state index in [2.05, 4.69) is 0 Å². The number of carbonyl (C=O) groups excluding carboxylic acids is 1. The number of carbonyl (C=O) groups is 1. The number of benzene rings is 1. The van der Waals surface area contributed by atoms with Gasteiger partial charge in [0.2, 0.25) is 0 Å². The fourth-order valence-corrected chi connectivity index (χ4v) is 1.01. The van der Waals surface area contributed by atoms with Crippen molar-refractivity contribution in [2.75, 3.05) is 0 Å². The lowest BCUT2D eigenvalue weighted by molar-refractivity contribution is 0.108. The Labute approximate surface area is 79.6 Å². The van der Waals surface area contributed by atoms with Crippen LogP contribution in [0.1, 0.15) is 15.9 Å². The predicted molar refractivity (Wildman–Crippen MR) is 49.3 cm³/mol. The molecule has 0 heterocycles. The van der Waals surface area contributed by atoms with Crippen molar-refractivity contribution in [2.24, 2.45) is 0 Å². The van der Waals surface area contributed by atoms with Crippen LogP contribution in [0.4, 0.5) is 0 Å². The zero-order valence-corrected chi connectivity index (χ0v) is 7.49. The monoisotopic (exact) mass is 201 g/mol. The summed E-state index contributed by atoms with van der Waals surface area (Å²) in [5.41, 5.74) is 0.836. The van der Waals surface area contributed by atoms with Crippen LogP contribution in [-0.2, 0) is 0 Å². The molecule has 2 nitrogen and oxygen atoms in total. The van der Waals surface area contributed by atoms with Gasteiger partial charge < -0.3 is 0 Å². The molecule has 1 aromatic carbocycles. The van der Waals surface area contributed by atoms with Gasteiger partial charge in [0.05, 0.1) is 0 Å². The Morgan fingerprint density at radius 1 is 1.25 bits per heavy atom. The zero-order valence-electron chi connectivity index (χ0n) is 5.97. The van der Waals surface area contributed by atoms with Gasteiger partial charge in [-0.2, -0.15) is 0 Å². The van der Waals surface area contributed by atoms with Crippen molar-refractivity contribution in [1.29, 1.82) is 5.41 Å². The van der Waals surface area contributed by atoms with Crippen LogP contribution in [0.3, 0.4) is 0 Å². The van der Waals surface area contributed by atoms with Crippen molar-refractivity contribution in [3.05, 3.63) is 35.4 Å². The number of rotatable bonds is 2. The zero-order chi connectivity index (χ0) is 9.14. The summed E-state index contributed by atoms with van der Waals surface area (Å²) in [5, 5.41) is 6.44. The Hall–Kier alpha value is -0.860. The standard InChI is InChI=1S/C8H5Cl2NO/c9-7(11)5-2-1-3-6(4-5)8(10)12/h1-4,11H. The minimum atomic E-state index is -0.547. The van der Waals surface area contributed by atoms with Gasteiger partial charge in [0.1, 0.15) is 5.17 Å². The van der Waals surface area contributed by atoms with Gasteiger partial charge in [-0.05, 0) is 17.7 Å². The molecule has 1 aromatic rings. The van der Waals surface area contributed by atoms with Crippen molar-refractivity contribution < 1.29 is 4.79 Å². The minimum Gasteiger partial charge on any atom is -0.289 e. The highest BCUT2D eigenvalue weighted by atomic mass is 35.5. The van der Waals surface area contributed by atoms with Crippen molar-refractivity contribution >= 4 is 33.6 Å². The largest absolute Gasteiger partial charge is 0.289 e. The van der Waals surface area contributed by atoms with E-state index in [1.54, 1.807) is 18.2 Å². The van der Waals surface area contributed by atoms with Crippen LogP contribution in [0.2, 0.25) is 0 Å². The molecule has 0 fully saturated rings.